The van der Waals surface area contributed by atoms with Crippen molar-refractivity contribution in [3.05, 3.63) is 0 Å². The molecule has 2 amide bonds. The maximum atomic E-state index is 11.1. The smallest absolute Gasteiger partial charge is 0.323 e. The first-order valence-corrected chi connectivity index (χ1v) is 5.09. The molecular formula is C9H17N3O3. The SMILES string of the molecule is CCC1OCCC1CNC(=O)C(=O)NN. The summed E-state index contributed by atoms with van der Waals surface area (Å²) in [6.07, 6.45) is 2.03. The molecule has 0 aliphatic carbocycles. The van der Waals surface area contributed by atoms with Crippen molar-refractivity contribution in [1.82, 2.24) is 10.7 Å². The largest absolute Gasteiger partial charge is 0.378 e. The third kappa shape index (κ3) is 3.17. The average molecular weight is 215 g/mol. The van der Waals surface area contributed by atoms with Gasteiger partial charge in [0.2, 0.25) is 0 Å². The van der Waals surface area contributed by atoms with Gasteiger partial charge in [0.15, 0.2) is 0 Å². The molecule has 0 aromatic heterocycles. The van der Waals surface area contributed by atoms with Crippen molar-refractivity contribution in [2.45, 2.75) is 25.9 Å². The van der Waals surface area contributed by atoms with E-state index in [4.69, 9.17) is 10.6 Å². The van der Waals surface area contributed by atoms with Gasteiger partial charge in [-0.05, 0) is 12.8 Å². The minimum Gasteiger partial charge on any atom is -0.378 e. The second-order valence-electron chi connectivity index (χ2n) is 3.55. The van der Waals surface area contributed by atoms with E-state index in [0.29, 0.717) is 12.5 Å². The van der Waals surface area contributed by atoms with Gasteiger partial charge in [0.1, 0.15) is 0 Å². The molecular weight excluding hydrogens is 198 g/mol. The van der Waals surface area contributed by atoms with Crippen molar-refractivity contribution in [3.63, 3.8) is 0 Å². The van der Waals surface area contributed by atoms with E-state index in [2.05, 4.69) is 5.32 Å². The topological polar surface area (TPSA) is 93.4 Å². The Kier molecular flexibility index (Phi) is 4.51. The van der Waals surface area contributed by atoms with Gasteiger partial charge in [-0.2, -0.15) is 0 Å². The van der Waals surface area contributed by atoms with Crippen LogP contribution >= 0.6 is 0 Å². The normalized spacial score (nSPS) is 24.9. The third-order valence-electron chi connectivity index (χ3n) is 2.61. The van der Waals surface area contributed by atoms with Crippen molar-refractivity contribution in [3.8, 4) is 0 Å². The Balaban J connectivity index is 2.30. The van der Waals surface area contributed by atoms with Crippen molar-refractivity contribution < 1.29 is 14.3 Å². The lowest BCUT2D eigenvalue weighted by Crippen LogP contribution is -2.45. The number of carbonyl (C=O) groups excluding carboxylic acids is 2. The molecule has 4 N–H and O–H groups in total. The standard InChI is InChI=1S/C9H17N3O3/c1-2-7-6(3-4-15-7)5-11-8(13)9(14)12-10/h6-7H,2-5,10H2,1H3,(H,11,13)(H,12,14). The lowest BCUT2D eigenvalue weighted by atomic mass is 10.00. The number of carbonyl (C=O) groups is 2. The molecule has 2 unspecified atom stereocenters. The van der Waals surface area contributed by atoms with Gasteiger partial charge in [0.05, 0.1) is 6.10 Å². The predicted octanol–water partition coefficient (Wildman–Crippen LogP) is -1.09. The fourth-order valence-corrected chi connectivity index (χ4v) is 1.75. The first-order chi connectivity index (χ1) is 7.19. The number of nitrogens with one attached hydrogen (secondary N) is 2. The molecule has 1 saturated heterocycles. The van der Waals surface area contributed by atoms with Crippen LogP contribution in [-0.4, -0.2) is 31.1 Å². The monoisotopic (exact) mass is 215 g/mol. The molecule has 15 heavy (non-hydrogen) atoms. The molecule has 0 aromatic carbocycles. The van der Waals surface area contributed by atoms with Crippen LogP contribution in [0.2, 0.25) is 0 Å². The van der Waals surface area contributed by atoms with Gasteiger partial charge in [0.25, 0.3) is 0 Å². The highest BCUT2D eigenvalue weighted by atomic mass is 16.5. The molecule has 1 fully saturated rings. The summed E-state index contributed by atoms with van der Waals surface area (Å²) in [5.74, 6) is 3.61. The lowest BCUT2D eigenvalue weighted by Gasteiger charge is -2.16. The zero-order chi connectivity index (χ0) is 11.3. The fraction of sp³-hybridized carbons (Fsp3) is 0.778. The maximum Gasteiger partial charge on any atom is 0.323 e. The van der Waals surface area contributed by atoms with Gasteiger partial charge in [-0.15, -0.1) is 0 Å². The van der Waals surface area contributed by atoms with Crippen molar-refractivity contribution in [2.75, 3.05) is 13.2 Å². The van der Waals surface area contributed by atoms with Crippen LogP contribution in [0.5, 0.6) is 0 Å². The van der Waals surface area contributed by atoms with Crippen LogP contribution in [0, 0.1) is 5.92 Å². The summed E-state index contributed by atoms with van der Waals surface area (Å²) in [6.45, 7) is 3.23. The van der Waals surface area contributed by atoms with Gasteiger partial charge < -0.3 is 10.1 Å². The Morgan fingerprint density at radius 3 is 2.80 bits per heavy atom. The molecule has 0 aromatic rings. The molecule has 6 nitrogen and oxygen atoms in total. The van der Waals surface area contributed by atoms with Crippen LogP contribution in [0.15, 0.2) is 0 Å². The molecule has 0 bridgehead atoms. The number of rotatable bonds is 3. The Hall–Kier alpha value is -1.14. The highest BCUT2D eigenvalue weighted by molar-refractivity contribution is 6.34. The second kappa shape index (κ2) is 5.67. The molecule has 0 spiro atoms. The summed E-state index contributed by atoms with van der Waals surface area (Å²) in [5.41, 5.74) is 1.78. The molecule has 2 atom stereocenters. The van der Waals surface area contributed by atoms with E-state index < -0.39 is 11.8 Å². The lowest BCUT2D eigenvalue weighted by molar-refractivity contribution is -0.139. The number of hydrazine groups is 1. The van der Waals surface area contributed by atoms with Crippen molar-refractivity contribution in [1.29, 1.82) is 0 Å². The molecule has 6 heteroatoms. The van der Waals surface area contributed by atoms with E-state index in [1.165, 1.54) is 0 Å². The third-order valence-corrected chi connectivity index (χ3v) is 2.61. The van der Waals surface area contributed by atoms with E-state index in [0.717, 1.165) is 19.4 Å². The van der Waals surface area contributed by atoms with E-state index in [9.17, 15) is 9.59 Å². The van der Waals surface area contributed by atoms with Gasteiger partial charge in [-0.1, -0.05) is 6.92 Å². The van der Waals surface area contributed by atoms with Crippen molar-refractivity contribution in [2.24, 2.45) is 11.8 Å². The van der Waals surface area contributed by atoms with E-state index in [1.54, 1.807) is 5.43 Å². The summed E-state index contributed by atoms with van der Waals surface area (Å²) < 4.78 is 5.46. The molecule has 1 aliphatic rings. The Labute approximate surface area is 88.5 Å². The minimum absolute atomic E-state index is 0.186. The molecule has 1 aliphatic heterocycles. The van der Waals surface area contributed by atoms with E-state index in [-0.39, 0.29) is 6.10 Å². The number of amides is 2. The average Bonchev–Trinajstić information content (AvgIpc) is 2.71. The highest BCUT2D eigenvalue weighted by Gasteiger charge is 2.27. The summed E-state index contributed by atoms with van der Waals surface area (Å²) >= 11 is 0. The van der Waals surface area contributed by atoms with Crippen LogP contribution in [0.25, 0.3) is 0 Å². The molecule has 0 saturated carbocycles. The molecule has 86 valence electrons. The molecule has 1 rings (SSSR count). The van der Waals surface area contributed by atoms with Gasteiger partial charge >= 0.3 is 11.8 Å². The van der Waals surface area contributed by atoms with Crippen molar-refractivity contribution >= 4 is 11.8 Å². The summed E-state index contributed by atoms with van der Waals surface area (Å²) in [6, 6.07) is 0. The maximum absolute atomic E-state index is 11.1. The van der Waals surface area contributed by atoms with Gasteiger partial charge in [0, 0.05) is 19.1 Å². The number of hydrogen-bond donors (Lipinski definition) is 3. The summed E-state index contributed by atoms with van der Waals surface area (Å²) in [5, 5.41) is 2.53. The van der Waals surface area contributed by atoms with Crippen LogP contribution in [0.1, 0.15) is 19.8 Å². The Morgan fingerprint density at radius 2 is 2.20 bits per heavy atom. The Bertz CT molecular complexity index is 245. The predicted molar refractivity (Wildman–Crippen MR) is 53.5 cm³/mol. The van der Waals surface area contributed by atoms with Crippen LogP contribution in [-0.2, 0) is 14.3 Å². The van der Waals surface area contributed by atoms with E-state index >= 15 is 0 Å². The first kappa shape index (κ1) is 11.9. The zero-order valence-corrected chi connectivity index (χ0v) is 8.79. The highest BCUT2D eigenvalue weighted by Crippen LogP contribution is 2.22. The number of nitrogens with two attached hydrogens (primary N) is 1. The summed E-state index contributed by atoms with van der Waals surface area (Å²) in [7, 11) is 0. The fourth-order valence-electron chi connectivity index (χ4n) is 1.75. The zero-order valence-electron chi connectivity index (χ0n) is 8.79. The number of ether oxygens (including phenoxy) is 1. The second-order valence-corrected chi connectivity index (χ2v) is 3.55. The number of hydrogen-bond acceptors (Lipinski definition) is 4. The quantitative estimate of drug-likeness (QED) is 0.241. The van der Waals surface area contributed by atoms with E-state index in [1.807, 2.05) is 6.92 Å². The molecule has 1 heterocycles. The van der Waals surface area contributed by atoms with Crippen LogP contribution in [0.4, 0.5) is 0 Å². The molecule has 0 radical (unpaired) electrons. The minimum atomic E-state index is -0.818. The Morgan fingerprint density at radius 1 is 1.47 bits per heavy atom. The van der Waals surface area contributed by atoms with Gasteiger partial charge in [-0.25, -0.2) is 5.84 Å². The summed E-state index contributed by atoms with van der Waals surface area (Å²) in [4.78, 5) is 21.9. The van der Waals surface area contributed by atoms with Gasteiger partial charge in [-0.3, -0.25) is 15.0 Å². The van der Waals surface area contributed by atoms with Crippen LogP contribution in [0.3, 0.4) is 0 Å². The first-order valence-electron chi connectivity index (χ1n) is 5.09. The van der Waals surface area contributed by atoms with Crippen LogP contribution < -0.4 is 16.6 Å².